The van der Waals surface area contributed by atoms with E-state index in [2.05, 4.69) is 0 Å². The zero-order chi connectivity index (χ0) is 15.8. The number of carbonyl (C=O) groups excluding carboxylic acids is 1. The van der Waals surface area contributed by atoms with Gasteiger partial charge in [0.25, 0.3) is 0 Å². The van der Waals surface area contributed by atoms with Crippen LogP contribution in [0.4, 0.5) is 5.69 Å². The lowest BCUT2D eigenvalue weighted by atomic mass is 10.2. The molecule has 0 aliphatic carbocycles. The summed E-state index contributed by atoms with van der Waals surface area (Å²) in [7, 11) is 0. The van der Waals surface area contributed by atoms with Crippen molar-refractivity contribution in [1.82, 2.24) is 0 Å². The van der Waals surface area contributed by atoms with Crippen LogP contribution in [-0.4, -0.2) is 19.1 Å². The molecule has 0 fully saturated rings. The number of para-hydroxylation sites is 2. The van der Waals surface area contributed by atoms with Gasteiger partial charge in [0.1, 0.15) is 5.75 Å². The number of hydrogen-bond acceptors (Lipinski definition) is 2. The molecule has 0 bridgehead atoms. The molecule has 0 unspecified atom stereocenters. The Kier molecular flexibility index (Phi) is 6.01. The highest BCUT2D eigenvalue weighted by Crippen LogP contribution is 2.17. The number of benzene rings is 2. The predicted molar refractivity (Wildman–Crippen MR) is 90.4 cm³/mol. The van der Waals surface area contributed by atoms with Gasteiger partial charge in [-0.2, -0.15) is 0 Å². The minimum absolute atomic E-state index is 0.141. The van der Waals surface area contributed by atoms with Gasteiger partial charge in [-0.05, 0) is 44.0 Å². The molecular formula is C19H23NO2. The maximum atomic E-state index is 12.3. The molecular weight excluding hydrogens is 274 g/mol. The lowest BCUT2D eigenvalue weighted by molar-refractivity contribution is -0.118. The van der Waals surface area contributed by atoms with Crippen LogP contribution in [0, 0.1) is 6.92 Å². The highest BCUT2D eigenvalue weighted by molar-refractivity contribution is 5.93. The number of ether oxygens (including phenoxy) is 1. The molecule has 0 saturated heterocycles. The third-order valence-electron chi connectivity index (χ3n) is 3.57. The van der Waals surface area contributed by atoms with Crippen LogP contribution in [0.1, 0.15) is 25.3 Å². The van der Waals surface area contributed by atoms with Crippen LogP contribution in [0.3, 0.4) is 0 Å². The maximum Gasteiger partial charge on any atom is 0.227 e. The molecule has 1 amide bonds. The molecule has 116 valence electrons. The smallest absolute Gasteiger partial charge is 0.227 e. The van der Waals surface area contributed by atoms with Crippen LogP contribution in [0.25, 0.3) is 0 Å². The van der Waals surface area contributed by atoms with Crippen molar-refractivity contribution in [3.63, 3.8) is 0 Å². The van der Waals surface area contributed by atoms with E-state index in [9.17, 15) is 4.79 Å². The first-order valence-electron chi connectivity index (χ1n) is 7.76. The summed E-state index contributed by atoms with van der Waals surface area (Å²) in [5.74, 6) is 1.03. The average molecular weight is 297 g/mol. The first-order chi connectivity index (χ1) is 10.7. The summed E-state index contributed by atoms with van der Waals surface area (Å²) in [6, 6.07) is 17.7. The van der Waals surface area contributed by atoms with Gasteiger partial charge in [-0.1, -0.05) is 36.4 Å². The van der Waals surface area contributed by atoms with Crippen molar-refractivity contribution in [2.75, 3.05) is 18.1 Å². The third kappa shape index (κ3) is 4.35. The molecule has 0 aliphatic rings. The number of hydrogen-bond donors (Lipinski definition) is 0. The highest BCUT2D eigenvalue weighted by atomic mass is 16.5. The van der Waals surface area contributed by atoms with Gasteiger partial charge in [0.15, 0.2) is 0 Å². The minimum Gasteiger partial charge on any atom is -0.493 e. The Morgan fingerprint density at radius 3 is 2.41 bits per heavy atom. The SMILES string of the molecule is CCN(C(=O)CCCOc1ccccc1C)c1ccccc1. The maximum absolute atomic E-state index is 12.3. The Bertz CT molecular complexity index is 595. The second kappa shape index (κ2) is 8.23. The molecule has 0 radical (unpaired) electrons. The topological polar surface area (TPSA) is 29.5 Å². The molecule has 22 heavy (non-hydrogen) atoms. The summed E-state index contributed by atoms with van der Waals surface area (Å²) in [6.45, 7) is 5.26. The molecule has 3 heteroatoms. The second-order valence-corrected chi connectivity index (χ2v) is 5.19. The van der Waals surface area contributed by atoms with Crippen molar-refractivity contribution >= 4 is 11.6 Å². The lowest BCUT2D eigenvalue weighted by Gasteiger charge is -2.21. The van der Waals surface area contributed by atoms with E-state index in [1.165, 1.54) is 0 Å². The summed E-state index contributed by atoms with van der Waals surface area (Å²) >= 11 is 0. The normalized spacial score (nSPS) is 10.3. The van der Waals surface area contributed by atoms with Crippen LogP contribution in [0.15, 0.2) is 54.6 Å². The van der Waals surface area contributed by atoms with Gasteiger partial charge in [-0.15, -0.1) is 0 Å². The van der Waals surface area contributed by atoms with Gasteiger partial charge in [0.2, 0.25) is 5.91 Å². The molecule has 0 aliphatic heterocycles. The second-order valence-electron chi connectivity index (χ2n) is 5.19. The number of anilines is 1. The number of nitrogens with zero attached hydrogens (tertiary/aromatic N) is 1. The van der Waals surface area contributed by atoms with Gasteiger partial charge in [-0.3, -0.25) is 4.79 Å². The van der Waals surface area contributed by atoms with Crippen LogP contribution in [-0.2, 0) is 4.79 Å². The van der Waals surface area contributed by atoms with Crippen molar-refractivity contribution in [3.05, 3.63) is 60.2 Å². The number of rotatable bonds is 7. The summed E-state index contributed by atoms with van der Waals surface area (Å²) in [4.78, 5) is 14.1. The van der Waals surface area contributed by atoms with Crippen LogP contribution in [0.5, 0.6) is 5.75 Å². The predicted octanol–water partition coefficient (Wildman–Crippen LogP) is 4.21. The van der Waals surface area contributed by atoms with Gasteiger partial charge < -0.3 is 9.64 Å². The fourth-order valence-electron chi connectivity index (χ4n) is 2.37. The third-order valence-corrected chi connectivity index (χ3v) is 3.57. The van der Waals surface area contributed by atoms with Gasteiger partial charge in [-0.25, -0.2) is 0 Å². The molecule has 2 aromatic carbocycles. The van der Waals surface area contributed by atoms with E-state index in [1.54, 1.807) is 0 Å². The van der Waals surface area contributed by atoms with E-state index in [4.69, 9.17) is 4.74 Å². The lowest BCUT2D eigenvalue weighted by Crippen LogP contribution is -2.30. The average Bonchev–Trinajstić information content (AvgIpc) is 2.55. The standard InChI is InChI=1S/C19H23NO2/c1-3-20(17-11-5-4-6-12-17)19(21)14-9-15-22-18-13-8-7-10-16(18)2/h4-8,10-13H,3,9,14-15H2,1-2H3. The summed E-state index contributed by atoms with van der Waals surface area (Å²) in [5, 5.41) is 0. The quantitative estimate of drug-likeness (QED) is 0.717. The van der Waals surface area contributed by atoms with Crippen molar-refractivity contribution in [2.45, 2.75) is 26.7 Å². The van der Waals surface area contributed by atoms with Crippen molar-refractivity contribution in [1.29, 1.82) is 0 Å². The molecule has 0 N–H and O–H groups in total. The highest BCUT2D eigenvalue weighted by Gasteiger charge is 2.13. The molecule has 0 heterocycles. The Morgan fingerprint density at radius 1 is 1.05 bits per heavy atom. The van der Waals surface area contributed by atoms with Crippen molar-refractivity contribution in [3.8, 4) is 5.75 Å². The van der Waals surface area contributed by atoms with Gasteiger partial charge >= 0.3 is 0 Å². The minimum atomic E-state index is 0.141. The monoisotopic (exact) mass is 297 g/mol. The molecule has 0 spiro atoms. The number of amides is 1. The number of carbonyl (C=O) groups is 1. The van der Waals surface area contributed by atoms with E-state index < -0.39 is 0 Å². The van der Waals surface area contributed by atoms with E-state index >= 15 is 0 Å². The first-order valence-corrected chi connectivity index (χ1v) is 7.76. The van der Waals surface area contributed by atoms with Crippen molar-refractivity contribution in [2.24, 2.45) is 0 Å². The molecule has 0 aromatic heterocycles. The molecule has 2 rings (SSSR count). The van der Waals surface area contributed by atoms with Crippen LogP contribution >= 0.6 is 0 Å². The van der Waals surface area contributed by atoms with Crippen LogP contribution in [0.2, 0.25) is 0 Å². The largest absolute Gasteiger partial charge is 0.493 e. The Balaban J connectivity index is 1.81. The molecule has 0 saturated carbocycles. The fourth-order valence-corrected chi connectivity index (χ4v) is 2.37. The van der Waals surface area contributed by atoms with E-state index in [0.29, 0.717) is 19.6 Å². The zero-order valence-corrected chi connectivity index (χ0v) is 13.3. The van der Waals surface area contributed by atoms with Gasteiger partial charge in [0.05, 0.1) is 6.61 Å². The van der Waals surface area contributed by atoms with E-state index in [1.807, 2.05) is 73.3 Å². The van der Waals surface area contributed by atoms with Crippen molar-refractivity contribution < 1.29 is 9.53 Å². The Morgan fingerprint density at radius 2 is 1.73 bits per heavy atom. The first kappa shape index (κ1) is 16.1. The van der Waals surface area contributed by atoms with E-state index in [-0.39, 0.29) is 5.91 Å². The summed E-state index contributed by atoms with van der Waals surface area (Å²) in [6.07, 6.45) is 1.21. The zero-order valence-electron chi connectivity index (χ0n) is 13.3. The Labute approximate surface area is 132 Å². The fraction of sp³-hybridized carbons (Fsp3) is 0.316. The van der Waals surface area contributed by atoms with Gasteiger partial charge in [0, 0.05) is 18.7 Å². The molecule has 0 atom stereocenters. The van der Waals surface area contributed by atoms with E-state index in [0.717, 1.165) is 23.4 Å². The molecule has 2 aromatic rings. The Hall–Kier alpha value is -2.29. The summed E-state index contributed by atoms with van der Waals surface area (Å²) in [5.41, 5.74) is 2.07. The number of aryl methyl sites for hydroxylation is 1. The molecule has 3 nitrogen and oxygen atoms in total. The van der Waals surface area contributed by atoms with Crippen LogP contribution < -0.4 is 9.64 Å². The summed E-state index contributed by atoms with van der Waals surface area (Å²) < 4.78 is 5.74.